The minimum atomic E-state index is 0.0299. The van der Waals surface area contributed by atoms with Crippen molar-refractivity contribution < 1.29 is 9.84 Å². The van der Waals surface area contributed by atoms with E-state index in [4.69, 9.17) is 4.74 Å². The van der Waals surface area contributed by atoms with Gasteiger partial charge in [0.2, 0.25) is 0 Å². The van der Waals surface area contributed by atoms with Crippen molar-refractivity contribution in [1.82, 2.24) is 10.3 Å². The Balaban J connectivity index is 2.05. The van der Waals surface area contributed by atoms with E-state index in [0.29, 0.717) is 12.3 Å². The summed E-state index contributed by atoms with van der Waals surface area (Å²) in [6.45, 7) is 4.72. The molecule has 0 fully saturated rings. The summed E-state index contributed by atoms with van der Waals surface area (Å²) in [6.07, 6.45) is 1.79. The van der Waals surface area contributed by atoms with Crippen LogP contribution in [0.15, 0.2) is 36.5 Å². The average molecular weight is 272 g/mol. The van der Waals surface area contributed by atoms with Crippen LogP contribution in [-0.4, -0.2) is 17.2 Å². The molecule has 1 atom stereocenters. The molecule has 1 heterocycles. The molecule has 1 aromatic heterocycles. The lowest BCUT2D eigenvalue weighted by molar-refractivity contribution is 0.404. The molecule has 2 rings (SSSR count). The molecule has 1 unspecified atom stereocenters. The number of aromatic nitrogens is 1. The van der Waals surface area contributed by atoms with Crippen molar-refractivity contribution in [3.05, 3.63) is 53.3 Å². The first-order chi connectivity index (χ1) is 9.61. The van der Waals surface area contributed by atoms with Gasteiger partial charge in [-0.05, 0) is 31.5 Å². The Kier molecular flexibility index (Phi) is 4.58. The van der Waals surface area contributed by atoms with Gasteiger partial charge in [0.05, 0.1) is 12.8 Å². The summed E-state index contributed by atoms with van der Waals surface area (Å²) >= 11 is 0. The smallest absolute Gasteiger partial charge is 0.124 e. The number of hydrogen-bond donors (Lipinski definition) is 2. The monoisotopic (exact) mass is 272 g/mol. The summed E-state index contributed by atoms with van der Waals surface area (Å²) in [5, 5.41) is 13.4. The Bertz CT molecular complexity index is 584. The van der Waals surface area contributed by atoms with E-state index in [1.54, 1.807) is 19.4 Å². The molecule has 4 nitrogen and oxygen atoms in total. The molecule has 0 radical (unpaired) electrons. The largest absolute Gasteiger partial charge is 0.507 e. The van der Waals surface area contributed by atoms with E-state index in [-0.39, 0.29) is 11.8 Å². The number of benzene rings is 1. The molecule has 1 aromatic carbocycles. The highest BCUT2D eigenvalue weighted by molar-refractivity contribution is 5.41. The molecule has 0 aliphatic heterocycles. The number of nitrogens with zero attached hydrogens (tertiary/aromatic N) is 1. The van der Waals surface area contributed by atoms with E-state index in [1.807, 2.05) is 38.1 Å². The molecule has 0 saturated heterocycles. The summed E-state index contributed by atoms with van der Waals surface area (Å²) in [5.41, 5.74) is 3.03. The van der Waals surface area contributed by atoms with Crippen molar-refractivity contribution >= 4 is 0 Å². The first-order valence-electron chi connectivity index (χ1n) is 6.62. The highest BCUT2D eigenvalue weighted by Crippen LogP contribution is 2.28. The summed E-state index contributed by atoms with van der Waals surface area (Å²) < 4.78 is 5.08. The van der Waals surface area contributed by atoms with Crippen LogP contribution in [0.25, 0.3) is 0 Å². The number of aryl methyl sites for hydroxylation is 1. The van der Waals surface area contributed by atoms with Gasteiger partial charge < -0.3 is 15.2 Å². The van der Waals surface area contributed by atoms with Crippen LogP contribution in [0.2, 0.25) is 0 Å². The van der Waals surface area contributed by atoms with Crippen LogP contribution < -0.4 is 10.1 Å². The fourth-order valence-electron chi connectivity index (χ4n) is 2.08. The van der Waals surface area contributed by atoms with E-state index in [2.05, 4.69) is 10.3 Å². The molecule has 0 saturated carbocycles. The fraction of sp³-hybridized carbons (Fsp3) is 0.312. The third kappa shape index (κ3) is 3.27. The molecule has 2 aromatic rings. The van der Waals surface area contributed by atoms with Crippen LogP contribution in [0.1, 0.15) is 29.8 Å². The number of ether oxygens (including phenoxy) is 1. The molecule has 0 amide bonds. The molecular weight excluding hydrogens is 252 g/mol. The Morgan fingerprint density at radius 1 is 1.35 bits per heavy atom. The molecule has 0 aliphatic rings. The van der Waals surface area contributed by atoms with Gasteiger partial charge in [0.15, 0.2) is 0 Å². The van der Waals surface area contributed by atoms with Crippen molar-refractivity contribution in [2.45, 2.75) is 26.4 Å². The lowest BCUT2D eigenvalue weighted by Gasteiger charge is -2.16. The topological polar surface area (TPSA) is 54.4 Å². The van der Waals surface area contributed by atoms with Crippen LogP contribution in [0.5, 0.6) is 11.5 Å². The first-order valence-corrected chi connectivity index (χ1v) is 6.62. The van der Waals surface area contributed by atoms with Crippen LogP contribution in [0.3, 0.4) is 0 Å². The fourth-order valence-corrected chi connectivity index (χ4v) is 2.08. The Labute approximate surface area is 119 Å². The normalized spacial score (nSPS) is 12.2. The molecule has 20 heavy (non-hydrogen) atoms. The van der Waals surface area contributed by atoms with E-state index >= 15 is 0 Å². The van der Waals surface area contributed by atoms with Crippen LogP contribution >= 0.6 is 0 Å². The van der Waals surface area contributed by atoms with Gasteiger partial charge in [-0.25, -0.2) is 0 Å². The maximum Gasteiger partial charge on any atom is 0.124 e. The van der Waals surface area contributed by atoms with E-state index < -0.39 is 0 Å². The Morgan fingerprint density at radius 3 is 2.80 bits per heavy atom. The zero-order chi connectivity index (χ0) is 14.5. The number of phenolic OH excluding ortho intramolecular Hbond substituents is 1. The van der Waals surface area contributed by atoms with Gasteiger partial charge in [0, 0.05) is 30.4 Å². The molecule has 106 valence electrons. The van der Waals surface area contributed by atoms with E-state index in [0.717, 1.165) is 16.8 Å². The third-order valence-electron chi connectivity index (χ3n) is 3.40. The zero-order valence-corrected chi connectivity index (χ0v) is 12.1. The maximum atomic E-state index is 10.0. The predicted octanol–water partition coefficient (Wildman–Crippen LogP) is 2.96. The summed E-state index contributed by atoms with van der Waals surface area (Å²) in [4.78, 5) is 4.35. The van der Waals surface area contributed by atoms with Gasteiger partial charge in [-0.1, -0.05) is 12.1 Å². The molecule has 0 aliphatic carbocycles. The second-order valence-corrected chi connectivity index (χ2v) is 4.79. The lowest BCUT2D eigenvalue weighted by atomic mass is 10.1. The highest BCUT2D eigenvalue weighted by atomic mass is 16.5. The Morgan fingerprint density at radius 2 is 2.15 bits per heavy atom. The number of hydrogen-bond acceptors (Lipinski definition) is 4. The minimum Gasteiger partial charge on any atom is -0.507 e. The predicted molar refractivity (Wildman–Crippen MR) is 78.9 cm³/mol. The minimum absolute atomic E-state index is 0.0299. The van der Waals surface area contributed by atoms with Gasteiger partial charge in [-0.3, -0.25) is 4.98 Å². The number of methoxy groups -OCH3 is 1. The summed E-state index contributed by atoms with van der Waals surface area (Å²) in [5.74, 6) is 0.890. The third-order valence-corrected chi connectivity index (χ3v) is 3.40. The van der Waals surface area contributed by atoms with Crippen molar-refractivity contribution in [3.63, 3.8) is 0 Å². The van der Waals surface area contributed by atoms with Crippen molar-refractivity contribution in [1.29, 1.82) is 0 Å². The second-order valence-electron chi connectivity index (χ2n) is 4.79. The molecule has 0 spiro atoms. The second kappa shape index (κ2) is 6.39. The van der Waals surface area contributed by atoms with Gasteiger partial charge in [0.25, 0.3) is 0 Å². The van der Waals surface area contributed by atoms with Gasteiger partial charge in [-0.15, -0.1) is 0 Å². The number of rotatable bonds is 5. The van der Waals surface area contributed by atoms with Gasteiger partial charge >= 0.3 is 0 Å². The van der Waals surface area contributed by atoms with Crippen molar-refractivity contribution in [3.8, 4) is 11.5 Å². The van der Waals surface area contributed by atoms with Crippen LogP contribution in [0.4, 0.5) is 0 Å². The molecule has 0 bridgehead atoms. The highest BCUT2D eigenvalue weighted by Gasteiger charge is 2.11. The van der Waals surface area contributed by atoms with Crippen molar-refractivity contribution in [2.75, 3.05) is 7.11 Å². The summed E-state index contributed by atoms with van der Waals surface area (Å²) in [7, 11) is 1.58. The lowest BCUT2D eigenvalue weighted by Crippen LogP contribution is -2.19. The maximum absolute atomic E-state index is 10.0. The SMILES string of the molecule is COc1ccc(C(C)NCc2ncccc2C)c(O)c1. The van der Waals surface area contributed by atoms with Crippen molar-refractivity contribution in [2.24, 2.45) is 0 Å². The molecule has 4 heteroatoms. The molecular formula is C16H20N2O2. The number of aromatic hydroxyl groups is 1. The van der Waals surface area contributed by atoms with E-state index in [1.165, 1.54) is 0 Å². The summed E-state index contributed by atoms with van der Waals surface area (Å²) in [6, 6.07) is 9.34. The van der Waals surface area contributed by atoms with Gasteiger partial charge in [0.1, 0.15) is 11.5 Å². The molecule has 2 N–H and O–H groups in total. The standard InChI is InChI=1S/C16H20N2O2/c1-11-5-4-8-17-15(11)10-18-12(2)14-7-6-13(20-3)9-16(14)19/h4-9,12,18-19H,10H2,1-3H3. The Hall–Kier alpha value is -2.07. The number of pyridine rings is 1. The quantitative estimate of drug-likeness (QED) is 0.878. The number of phenols is 1. The average Bonchev–Trinajstić information content (AvgIpc) is 2.46. The van der Waals surface area contributed by atoms with Crippen LogP contribution in [-0.2, 0) is 6.54 Å². The van der Waals surface area contributed by atoms with E-state index in [9.17, 15) is 5.11 Å². The van der Waals surface area contributed by atoms with Gasteiger partial charge in [-0.2, -0.15) is 0 Å². The number of nitrogens with one attached hydrogen (secondary N) is 1. The first kappa shape index (κ1) is 14.3. The zero-order valence-electron chi connectivity index (χ0n) is 12.1. The van der Waals surface area contributed by atoms with Crippen LogP contribution in [0, 0.1) is 6.92 Å².